The SMILES string of the molecule is CN(C(=O)c1cccnc1Cl)c1cccc(C(=O)Nc2c(I)cc(C(F)(C(F)(F)F)C(F)(F)F)cc2I)c1. The van der Waals surface area contributed by atoms with E-state index in [-0.39, 0.29) is 34.8 Å². The molecule has 0 unspecified atom stereocenters. The van der Waals surface area contributed by atoms with Crippen LogP contribution >= 0.6 is 56.8 Å². The highest BCUT2D eigenvalue weighted by Crippen LogP contribution is 2.54. The molecule has 0 aliphatic heterocycles. The normalized spacial score (nSPS) is 12.3. The molecule has 0 aliphatic rings. The predicted octanol–water partition coefficient (Wildman–Crippen LogP) is 7.76. The molecule has 1 heterocycles. The van der Waals surface area contributed by atoms with Gasteiger partial charge in [0.1, 0.15) is 5.15 Å². The van der Waals surface area contributed by atoms with Crippen LogP contribution in [0.4, 0.5) is 42.1 Å². The summed E-state index contributed by atoms with van der Waals surface area (Å²) in [4.78, 5) is 30.7. The van der Waals surface area contributed by atoms with Gasteiger partial charge in [0, 0.05) is 37.2 Å². The van der Waals surface area contributed by atoms with Gasteiger partial charge in [0.15, 0.2) is 0 Å². The highest BCUT2D eigenvalue weighted by Gasteiger charge is 2.73. The number of carbonyl (C=O) groups excluding carboxylic acids is 2. The lowest BCUT2D eigenvalue weighted by atomic mass is 9.94. The Balaban J connectivity index is 1.91. The molecule has 0 bridgehead atoms. The molecule has 2 amide bonds. The van der Waals surface area contributed by atoms with Gasteiger partial charge in [-0.3, -0.25) is 9.59 Å². The molecule has 1 aromatic heterocycles. The molecule has 202 valence electrons. The van der Waals surface area contributed by atoms with E-state index >= 15 is 0 Å². The number of alkyl halides is 7. The monoisotopic (exact) mass is 785 g/mol. The number of amides is 2. The van der Waals surface area contributed by atoms with Gasteiger partial charge in [-0.2, -0.15) is 26.3 Å². The second-order valence-electron chi connectivity index (χ2n) is 7.68. The minimum absolute atomic E-state index is 0.0144. The largest absolute Gasteiger partial charge is 0.435 e. The fourth-order valence-corrected chi connectivity index (χ4v) is 5.50. The van der Waals surface area contributed by atoms with Crippen molar-refractivity contribution in [3.63, 3.8) is 0 Å². The predicted molar refractivity (Wildman–Crippen MR) is 143 cm³/mol. The number of anilines is 2. The third kappa shape index (κ3) is 5.85. The van der Waals surface area contributed by atoms with Crippen molar-refractivity contribution in [3.05, 3.63) is 83.7 Å². The highest BCUT2D eigenvalue weighted by molar-refractivity contribution is 14.1. The van der Waals surface area contributed by atoms with Crippen LogP contribution in [0.2, 0.25) is 5.15 Å². The lowest BCUT2D eigenvalue weighted by Crippen LogP contribution is -2.50. The first-order chi connectivity index (χ1) is 17.5. The Morgan fingerprint density at radius 2 is 1.50 bits per heavy atom. The first kappa shape index (κ1) is 30.3. The van der Waals surface area contributed by atoms with Crippen molar-refractivity contribution in [2.24, 2.45) is 0 Å². The van der Waals surface area contributed by atoms with Crippen LogP contribution in [-0.2, 0) is 5.67 Å². The van der Waals surface area contributed by atoms with Crippen LogP contribution in [0.1, 0.15) is 26.3 Å². The lowest BCUT2D eigenvalue weighted by Gasteiger charge is -2.31. The van der Waals surface area contributed by atoms with E-state index in [2.05, 4.69) is 10.3 Å². The van der Waals surface area contributed by atoms with E-state index in [0.29, 0.717) is 12.1 Å². The van der Waals surface area contributed by atoms with Gasteiger partial charge in [0.2, 0.25) is 0 Å². The standard InChI is InChI=1S/C23H13ClF7I2N3O2/c1-36(20(38)14-6-3-7-34-18(14)24)13-5-2-4-11(8-13)19(37)35-17-15(32)9-12(10-16(17)33)21(25,22(26,27)28)23(29,30)31/h2-10H,1H3,(H,35,37). The first-order valence-electron chi connectivity index (χ1n) is 10.1. The molecule has 0 spiro atoms. The van der Waals surface area contributed by atoms with Crippen LogP contribution in [0.25, 0.3) is 0 Å². The minimum atomic E-state index is -6.27. The molecule has 0 fully saturated rings. The van der Waals surface area contributed by atoms with Gasteiger partial charge in [0.05, 0.1) is 11.3 Å². The summed E-state index contributed by atoms with van der Waals surface area (Å²) in [5.41, 5.74) is -6.99. The Morgan fingerprint density at radius 1 is 0.921 bits per heavy atom. The first-order valence-corrected chi connectivity index (χ1v) is 12.6. The molecule has 5 nitrogen and oxygen atoms in total. The molecular formula is C23H13ClF7I2N3O2. The van der Waals surface area contributed by atoms with E-state index in [1.165, 1.54) is 99.7 Å². The fraction of sp³-hybridized carbons (Fsp3) is 0.174. The molecule has 0 aliphatic carbocycles. The van der Waals surface area contributed by atoms with E-state index in [1.807, 2.05) is 0 Å². The number of carbonyl (C=O) groups is 2. The second kappa shape index (κ2) is 11.1. The van der Waals surface area contributed by atoms with E-state index < -0.39 is 35.4 Å². The lowest BCUT2D eigenvalue weighted by molar-refractivity contribution is -0.348. The molecule has 0 saturated carbocycles. The van der Waals surface area contributed by atoms with E-state index in [1.54, 1.807) is 0 Å². The van der Waals surface area contributed by atoms with E-state index in [9.17, 15) is 40.3 Å². The zero-order valence-corrected chi connectivity index (χ0v) is 23.8. The van der Waals surface area contributed by atoms with Crippen molar-refractivity contribution in [2.75, 3.05) is 17.3 Å². The van der Waals surface area contributed by atoms with Gasteiger partial charge in [-0.1, -0.05) is 17.7 Å². The van der Waals surface area contributed by atoms with Crippen molar-refractivity contribution < 1.29 is 40.3 Å². The van der Waals surface area contributed by atoms with Gasteiger partial charge in [-0.05, 0) is 87.6 Å². The molecule has 3 rings (SSSR count). The molecule has 1 N–H and O–H groups in total. The van der Waals surface area contributed by atoms with Crippen molar-refractivity contribution in [1.29, 1.82) is 0 Å². The summed E-state index contributed by atoms with van der Waals surface area (Å²) in [6.45, 7) is 0. The number of hydrogen-bond donors (Lipinski definition) is 1. The number of benzene rings is 2. The average Bonchev–Trinajstić information content (AvgIpc) is 2.83. The molecule has 38 heavy (non-hydrogen) atoms. The second-order valence-corrected chi connectivity index (χ2v) is 10.4. The number of hydrogen-bond acceptors (Lipinski definition) is 3. The van der Waals surface area contributed by atoms with Gasteiger partial charge in [-0.15, -0.1) is 0 Å². The van der Waals surface area contributed by atoms with Crippen LogP contribution < -0.4 is 10.2 Å². The molecule has 0 atom stereocenters. The van der Waals surface area contributed by atoms with Crippen LogP contribution in [0.15, 0.2) is 54.7 Å². The third-order valence-corrected chi connectivity index (χ3v) is 7.25. The van der Waals surface area contributed by atoms with Crippen molar-refractivity contribution in [1.82, 2.24) is 4.98 Å². The van der Waals surface area contributed by atoms with E-state index in [4.69, 9.17) is 11.6 Å². The Labute approximate surface area is 243 Å². The zero-order valence-electron chi connectivity index (χ0n) is 18.7. The Kier molecular flexibility index (Phi) is 8.87. The summed E-state index contributed by atoms with van der Waals surface area (Å²) in [6, 6.07) is 9.43. The average molecular weight is 786 g/mol. The maximum absolute atomic E-state index is 14.5. The zero-order chi connectivity index (χ0) is 28.6. The van der Waals surface area contributed by atoms with Crippen molar-refractivity contribution in [2.45, 2.75) is 18.0 Å². The van der Waals surface area contributed by atoms with Crippen molar-refractivity contribution >= 4 is 80.0 Å². The quantitative estimate of drug-likeness (QED) is 0.164. The molecule has 0 saturated heterocycles. The van der Waals surface area contributed by atoms with Crippen LogP contribution in [0.3, 0.4) is 0 Å². The van der Waals surface area contributed by atoms with Crippen LogP contribution in [-0.4, -0.2) is 36.2 Å². The van der Waals surface area contributed by atoms with E-state index in [0.717, 1.165) is 0 Å². The topological polar surface area (TPSA) is 62.3 Å². The maximum Gasteiger partial charge on any atom is 0.435 e. The molecule has 3 aromatic rings. The van der Waals surface area contributed by atoms with Gasteiger partial charge in [-0.25, -0.2) is 9.37 Å². The molecule has 15 heteroatoms. The molecule has 2 aromatic carbocycles. The Bertz CT molecular complexity index is 1360. The van der Waals surface area contributed by atoms with Gasteiger partial charge < -0.3 is 10.2 Å². The summed E-state index contributed by atoms with van der Waals surface area (Å²) in [6.07, 6.45) is -11.1. The number of aromatic nitrogens is 1. The maximum atomic E-state index is 14.5. The smallest absolute Gasteiger partial charge is 0.320 e. The highest BCUT2D eigenvalue weighted by atomic mass is 127. The summed E-state index contributed by atoms with van der Waals surface area (Å²) in [5.74, 6) is -1.31. The summed E-state index contributed by atoms with van der Waals surface area (Å²) in [7, 11) is 1.43. The van der Waals surface area contributed by atoms with Crippen molar-refractivity contribution in [3.8, 4) is 0 Å². The third-order valence-electron chi connectivity index (χ3n) is 5.25. The molecular weight excluding hydrogens is 773 g/mol. The summed E-state index contributed by atoms with van der Waals surface area (Å²) in [5, 5.41) is 2.39. The molecule has 0 radical (unpaired) electrons. The van der Waals surface area contributed by atoms with Crippen LogP contribution in [0, 0.1) is 7.14 Å². The number of pyridine rings is 1. The minimum Gasteiger partial charge on any atom is -0.320 e. The number of rotatable bonds is 5. The van der Waals surface area contributed by atoms with Crippen LogP contribution in [0.5, 0.6) is 0 Å². The number of halogens is 10. The summed E-state index contributed by atoms with van der Waals surface area (Å²) < 4.78 is 93.0. The number of nitrogens with one attached hydrogen (secondary N) is 1. The van der Waals surface area contributed by atoms with Gasteiger partial charge in [0.25, 0.3) is 11.8 Å². The van der Waals surface area contributed by atoms with Gasteiger partial charge >= 0.3 is 18.0 Å². The summed E-state index contributed by atoms with van der Waals surface area (Å²) >= 11 is 8.78. The Morgan fingerprint density at radius 3 is 2.03 bits per heavy atom. The Hall–Kier alpha value is -2.21. The number of nitrogens with zero attached hydrogens (tertiary/aromatic N) is 2. The fourth-order valence-electron chi connectivity index (χ4n) is 3.26.